The van der Waals surface area contributed by atoms with Crippen LogP contribution in [0.25, 0.3) is 6.08 Å². The average Bonchev–Trinajstić information content (AvgIpc) is 2.96. The summed E-state index contributed by atoms with van der Waals surface area (Å²) in [7, 11) is 0. The molecule has 0 saturated carbocycles. The molecule has 168 valence electrons. The zero-order chi connectivity index (χ0) is 23.4. The van der Waals surface area contributed by atoms with Gasteiger partial charge in [0.1, 0.15) is 18.9 Å². The van der Waals surface area contributed by atoms with Crippen LogP contribution in [0.3, 0.4) is 0 Å². The number of nitrogens with zero attached hydrogens (tertiary/aromatic N) is 1. The quantitative estimate of drug-likeness (QED) is 0.292. The normalized spacial score (nSPS) is 15.1. The Balaban J connectivity index is 1.79. The number of rotatable bonds is 7. The van der Waals surface area contributed by atoms with E-state index in [9.17, 15) is 14.4 Å². The molecule has 0 atom stereocenters. The van der Waals surface area contributed by atoms with Crippen LogP contribution >= 0.6 is 50.9 Å². The Bertz CT molecular complexity index is 1110. The molecule has 1 fully saturated rings. The van der Waals surface area contributed by atoms with Gasteiger partial charge in [0.05, 0.1) is 21.1 Å². The van der Waals surface area contributed by atoms with E-state index in [1.54, 1.807) is 56.3 Å². The second kappa shape index (κ2) is 10.7. The van der Waals surface area contributed by atoms with E-state index in [0.29, 0.717) is 21.4 Å². The summed E-state index contributed by atoms with van der Waals surface area (Å²) in [5, 5.41) is 0.344. The van der Waals surface area contributed by atoms with Crippen LogP contribution in [0.1, 0.15) is 25.0 Å². The van der Waals surface area contributed by atoms with Crippen LogP contribution < -0.4 is 4.74 Å². The summed E-state index contributed by atoms with van der Waals surface area (Å²) >= 11 is 16.2. The van der Waals surface area contributed by atoms with E-state index in [1.165, 1.54) is 0 Å². The zero-order valence-corrected chi connectivity index (χ0v) is 21.0. The lowest BCUT2D eigenvalue weighted by Crippen LogP contribution is -2.35. The Morgan fingerprint density at radius 2 is 1.91 bits per heavy atom. The van der Waals surface area contributed by atoms with Crippen molar-refractivity contribution in [3.8, 4) is 5.75 Å². The minimum Gasteiger partial charge on any atom is -0.488 e. The Labute approximate surface area is 208 Å². The first-order valence-corrected chi connectivity index (χ1v) is 11.8. The molecule has 6 nitrogen and oxygen atoms in total. The molecule has 0 spiro atoms. The molecule has 1 saturated heterocycles. The molecule has 2 amide bonds. The van der Waals surface area contributed by atoms with Gasteiger partial charge in [0, 0.05) is 10.0 Å². The Morgan fingerprint density at radius 1 is 1.16 bits per heavy atom. The SMILES string of the molecule is CC(C)OC(=O)CN1C(=O)S/C(=C/c2cc(Br)ccc2OCc2ccc(Cl)c(Cl)c2)C1=O. The predicted octanol–water partition coefficient (Wildman–Crippen LogP) is 6.32. The highest BCUT2D eigenvalue weighted by Gasteiger charge is 2.37. The second-order valence-electron chi connectivity index (χ2n) is 7.03. The maximum atomic E-state index is 12.7. The van der Waals surface area contributed by atoms with Crippen molar-refractivity contribution in [2.45, 2.75) is 26.6 Å². The number of benzene rings is 2. The van der Waals surface area contributed by atoms with Crippen molar-refractivity contribution in [2.75, 3.05) is 6.54 Å². The van der Waals surface area contributed by atoms with Crippen LogP contribution in [0.4, 0.5) is 4.79 Å². The van der Waals surface area contributed by atoms with Gasteiger partial charge in [0.2, 0.25) is 0 Å². The van der Waals surface area contributed by atoms with E-state index in [4.69, 9.17) is 32.7 Å². The third kappa shape index (κ3) is 6.28. The van der Waals surface area contributed by atoms with Crippen molar-refractivity contribution in [2.24, 2.45) is 0 Å². The van der Waals surface area contributed by atoms with Crippen LogP contribution in [0.2, 0.25) is 10.0 Å². The van der Waals surface area contributed by atoms with Gasteiger partial charge in [-0.3, -0.25) is 19.3 Å². The Kier molecular flexibility index (Phi) is 8.27. The third-order valence-electron chi connectivity index (χ3n) is 4.16. The molecule has 0 bridgehead atoms. The smallest absolute Gasteiger partial charge is 0.326 e. The lowest BCUT2D eigenvalue weighted by molar-refractivity contribution is -0.149. The molecule has 0 aliphatic carbocycles. The first-order chi connectivity index (χ1) is 15.1. The molecule has 32 heavy (non-hydrogen) atoms. The molecule has 0 radical (unpaired) electrons. The number of thioether (sulfide) groups is 1. The summed E-state index contributed by atoms with van der Waals surface area (Å²) in [6.45, 7) is 3.18. The summed E-state index contributed by atoms with van der Waals surface area (Å²) in [5.41, 5.74) is 1.41. The second-order valence-corrected chi connectivity index (χ2v) is 9.75. The van der Waals surface area contributed by atoms with Gasteiger partial charge in [-0.2, -0.15) is 0 Å². The summed E-state index contributed by atoms with van der Waals surface area (Å²) in [6, 6.07) is 10.5. The number of ether oxygens (including phenoxy) is 2. The highest BCUT2D eigenvalue weighted by atomic mass is 79.9. The predicted molar refractivity (Wildman–Crippen MR) is 129 cm³/mol. The first-order valence-electron chi connectivity index (χ1n) is 9.45. The average molecular weight is 559 g/mol. The molecule has 2 aromatic rings. The first kappa shape index (κ1) is 24.6. The van der Waals surface area contributed by atoms with Gasteiger partial charge in [0.15, 0.2) is 0 Å². The van der Waals surface area contributed by atoms with Gasteiger partial charge >= 0.3 is 5.97 Å². The fraction of sp³-hybridized carbons (Fsp3) is 0.227. The Hall–Kier alpha value is -2.00. The molecule has 0 unspecified atom stereocenters. The lowest BCUT2D eigenvalue weighted by atomic mass is 10.1. The zero-order valence-electron chi connectivity index (χ0n) is 17.1. The van der Waals surface area contributed by atoms with Gasteiger partial charge < -0.3 is 9.47 Å². The van der Waals surface area contributed by atoms with E-state index in [2.05, 4.69) is 15.9 Å². The number of amides is 2. The van der Waals surface area contributed by atoms with Gasteiger partial charge in [-0.05, 0) is 67.6 Å². The van der Waals surface area contributed by atoms with Crippen molar-refractivity contribution in [3.63, 3.8) is 0 Å². The third-order valence-corrected chi connectivity index (χ3v) is 6.30. The standard InChI is InChI=1S/C22H18BrCl2NO5S/c1-12(2)31-20(27)10-26-21(28)19(32-22(26)29)9-14-8-15(23)4-6-18(14)30-11-13-3-5-16(24)17(25)7-13/h3-9,12H,10-11H2,1-2H3/b19-9+. The van der Waals surface area contributed by atoms with Crippen molar-refractivity contribution in [1.82, 2.24) is 4.90 Å². The van der Waals surface area contributed by atoms with Crippen molar-refractivity contribution in [3.05, 3.63) is 66.9 Å². The van der Waals surface area contributed by atoms with Crippen LogP contribution in [0, 0.1) is 0 Å². The molecule has 1 aliphatic rings. The molecule has 0 aromatic heterocycles. The molecular formula is C22H18BrCl2NO5S. The number of hydrogen-bond donors (Lipinski definition) is 0. The topological polar surface area (TPSA) is 72.9 Å². The van der Waals surface area contributed by atoms with E-state index in [-0.39, 0.29) is 17.6 Å². The van der Waals surface area contributed by atoms with Gasteiger partial charge in [0.25, 0.3) is 11.1 Å². The van der Waals surface area contributed by atoms with Crippen LogP contribution in [0.15, 0.2) is 45.8 Å². The van der Waals surface area contributed by atoms with Gasteiger partial charge in [-0.1, -0.05) is 45.2 Å². The number of carbonyl (C=O) groups excluding carboxylic acids is 3. The monoisotopic (exact) mass is 557 g/mol. The molecule has 10 heteroatoms. The van der Waals surface area contributed by atoms with Crippen molar-refractivity contribution in [1.29, 1.82) is 0 Å². The van der Waals surface area contributed by atoms with Crippen LogP contribution in [-0.4, -0.2) is 34.7 Å². The van der Waals surface area contributed by atoms with E-state index in [0.717, 1.165) is 26.7 Å². The van der Waals surface area contributed by atoms with E-state index in [1.807, 2.05) is 0 Å². The Morgan fingerprint density at radius 3 is 2.59 bits per heavy atom. The highest BCUT2D eigenvalue weighted by molar-refractivity contribution is 9.10. The molecular weight excluding hydrogens is 541 g/mol. The largest absolute Gasteiger partial charge is 0.488 e. The molecule has 1 heterocycles. The number of carbonyl (C=O) groups is 3. The minimum absolute atomic E-state index is 0.185. The molecule has 1 aliphatic heterocycles. The fourth-order valence-corrected chi connectivity index (χ4v) is 4.29. The summed E-state index contributed by atoms with van der Waals surface area (Å²) in [5.74, 6) is -0.696. The summed E-state index contributed by atoms with van der Waals surface area (Å²) in [4.78, 5) is 37.9. The minimum atomic E-state index is -0.642. The number of imide groups is 1. The van der Waals surface area contributed by atoms with Crippen LogP contribution in [-0.2, 0) is 20.9 Å². The molecule has 2 aromatic carbocycles. The number of hydrogen-bond acceptors (Lipinski definition) is 6. The van der Waals surface area contributed by atoms with E-state index < -0.39 is 23.7 Å². The molecule has 3 rings (SSSR count). The summed E-state index contributed by atoms with van der Waals surface area (Å²) < 4.78 is 11.7. The highest BCUT2D eigenvalue weighted by Crippen LogP contribution is 2.35. The maximum Gasteiger partial charge on any atom is 0.326 e. The lowest BCUT2D eigenvalue weighted by Gasteiger charge is -2.13. The van der Waals surface area contributed by atoms with Crippen molar-refractivity contribution >= 4 is 74.1 Å². The summed E-state index contributed by atoms with van der Waals surface area (Å²) in [6.07, 6.45) is 1.23. The van der Waals surface area contributed by atoms with Crippen LogP contribution in [0.5, 0.6) is 5.75 Å². The maximum absolute atomic E-state index is 12.7. The van der Waals surface area contributed by atoms with E-state index >= 15 is 0 Å². The number of halogens is 3. The van der Waals surface area contributed by atoms with Gasteiger partial charge in [-0.25, -0.2) is 0 Å². The fourth-order valence-electron chi connectivity index (χ4n) is 2.76. The molecule has 0 N–H and O–H groups in total. The number of esters is 1. The van der Waals surface area contributed by atoms with Gasteiger partial charge in [-0.15, -0.1) is 0 Å². The van der Waals surface area contributed by atoms with Crippen molar-refractivity contribution < 1.29 is 23.9 Å².